The van der Waals surface area contributed by atoms with E-state index < -0.39 is 5.54 Å². The quantitative estimate of drug-likeness (QED) is 0.893. The highest BCUT2D eigenvalue weighted by molar-refractivity contribution is 7.12. The summed E-state index contributed by atoms with van der Waals surface area (Å²) >= 11 is 1.87. The third-order valence-corrected chi connectivity index (χ3v) is 6.55. The molecule has 7 heteroatoms. The van der Waals surface area contributed by atoms with E-state index in [1.807, 2.05) is 30.3 Å². The second kappa shape index (κ2) is 6.70. The van der Waals surface area contributed by atoms with Gasteiger partial charge in [0.25, 0.3) is 5.91 Å². The van der Waals surface area contributed by atoms with Gasteiger partial charge in [-0.2, -0.15) is 0 Å². The van der Waals surface area contributed by atoms with Gasteiger partial charge in [0.1, 0.15) is 5.54 Å². The molecule has 0 bridgehead atoms. The number of carbonyl (C=O) groups excluding carboxylic acids is 1. The molecule has 0 aliphatic carbocycles. The van der Waals surface area contributed by atoms with Gasteiger partial charge >= 0.3 is 0 Å². The average molecular weight is 362 g/mol. The fraction of sp³-hybridized carbons (Fsp3) is 0.667. The largest absolute Gasteiger partial charge is 0.373 e. The van der Waals surface area contributed by atoms with Crippen LogP contribution in [0.4, 0.5) is 0 Å². The van der Waals surface area contributed by atoms with Crippen LogP contribution in [0.25, 0.3) is 0 Å². The molecule has 0 aromatic carbocycles. The highest BCUT2D eigenvalue weighted by Gasteiger charge is 2.46. The zero-order valence-corrected chi connectivity index (χ0v) is 15.8. The van der Waals surface area contributed by atoms with E-state index in [1.54, 1.807) is 0 Å². The molecule has 1 N–H and O–H groups in total. The summed E-state index contributed by atoms with van der Waals surface area (Å²) in [6, 6.07) is 4.45. The number of amides is 1. The molecule has 1 spiro atoms. The number of thiophene rings is 1. The molecule has 2 saturated heterocycles. The van der Waals surface area contributed by atoms with Crippen LogP contribution >= 0.6 is 11.3 Å². The summed E-state index contributed by atoms with van der Waals surface area (Å²) in [4.78, 5) is 24.1. The molecule has 25 heavy (non-hydrogen) atoms. The number of piperidine rings is 1. The smallest absolute Gasteiger partial charge is 0.254 e. The third-order valence-electron chi connectivity index (χ3n) is 5.38. The zero-order valence-electron chi connectivity index (χ0n) is 15.0. The average Bonchev–Trinajstić information content (AvgIpc) is 3.31. The van der Waals surface area contributed by atoms with E-state index in [-0.39, 0.29) is 5.91 Å². The van der Waals surface area contributed by atoms with Gasteiger partial charge in [0, 0.05) is 50.1 Å². The number of aliphatic imine (C=N–C) groups is 1. The van der Waals surface area contributed by atoms with Crippen LogP contribution < -0.4 is 5.32 Å². The molecule has 1 aromatic rings. The van der Waals surface area contributed by atoms with E-state index in [0.29, 0.717) is 12.1 Å². The lowest BCUT2D eigenvalue weighted by molar-refractivity contribution is -0.125. The molecule has 2 fully saturated rings. The van der Waals surface area contributed by atoms with Gasteiger partial charge in [-0.05, 0) is 37.8 Å². The Labute approximate surface area is 152 Å². The van der Waals surface area contributed by atoms with Crippen molar-refractivity contribution < 1.29 is 9.53 Å². The molecule has 1 atom stereocenters. The number of likely N-dealkylation sites (tertiary alicyclic amines) is 1. The number of nitrogens with one attached hydrogen (secondary N) is 1. The molecule has 4 rings (SSSR count). The highest BCUT2D eigenvalue weighted by Crippen LogP contribution is 2.35. The standard InChI is InChI=1S/C18H26N4O2S/c1-21(2)17-19-16(23)18(20-17)7-9-22(10-8-18)12-13-5-6-15(25-13)14-4-3-11-24-14/h5-6,14H,3-4,7-12H2,1-2H3,(H,19,20,23)/t14-/m1/s1. The van der Waals surface area contributed by atoms with E-state index in [9.17, 15) is 4.79 Å². The third kappa shape index (κ3) is 3.32. The van der Waals surface area contributed by atoms with Crippen molar-refractivity contribution in [2.24, 2.45) is 4.99 Å². The van der Waals surface area contributed by atoms with Gasteiger partial charge in [0.05, 0.1) is 6.10 Å². The highest BCUT2D eigenvalue weighted by atomic mass is 32.1. The van der Waals surface area contributed by atoms with Gasteiger partial charge < -0.3 is 9.64 Å². The van der Waals surface area contributed by atoms with Crippen LogP contribution in [0.15, 0.2) is 17.1 Å². The Morgan fingerprint density at radius 2 is 2.20 bits per heavy atom. The first-order valence-electron chi connectivity index (χ1n) is 9.07. The van der Waals surface area contributed by atoms with Gasteiger partial charge in [0.15, 0.2) is 0 Å². The van der Waals surface area contributed by atoms with E-state index in [2.05, 4.69) is 22.3 Å². The number of rotatable bonds is 3. The van der Waals surface area contributed by atoms with Crippen LogP contribution in [0.3, 0.4) is 0 Å². The van der Waals surface area contributed by atoms with Crippen molar-refractivity contribution in [2.45, 2.75) is 43.9 Å². The fourth-order valence-electron chi connectivity index (χ4n) is 3.81. The van der Waals surface area contributed by atoms with Crippen molar-refractivity contribution in [3.8, 4) is 0 Å². The summed E-state index contributed by atoms with van der Waals surface area (Å²) in [5.74, 6) is 0.755. The number of ether oxygens (including phenoxy) is 1. The normalized spacial score (nSPS) is 26.1. The number of nitrogens with zero attached hydrogens (tertiary/aromatic N) is 3. The van der Waals surface area contributed by atoms with Crippen molar-refractivity contribution in [2.75, 3.05) is 33.8 Å². The van der Waals surface area contributed by atoms with Crippen LogP contribution in [0.5, 0.6) is 0 Å². The van der Waals surface area contributed by atoms with Crippen molar-refractivity contribution in [1.82, 2.24) is 15.1 Å². The molecule has 0 saturated carbocycles. The van der Waals surface area contributed by atoms with Crippen LogP contribution in [-0.2, 0) is 16.1 Å². The Balaban J connectivity index is 1.36. The molecule has 0 radical (unpaired) electrons. The first kappa shape index (κ1) is 17.0. The van der Waals surface area contributed by atoms with Gasteiger partial charge in [-0.15, -0.1) is 11.3 Å². The van der Waals surface area contributed by atoms with Gasteiger partial charge in [0.2, 0.25) is 5.96 Å². The molecule has 0 unspecified atom stereocenters. The summed E-state index contributed by atoms with van der Waals surface area (Å²) < 4.78 is 5.78. The lowest BCUT2D eigenvalue weighted by Crippen LogP contribution is -2.49. The van der Waals surface area contributed by atoms with Crippen LogP contribution in [-0.4, -0.2) is 61.0 Å². The number of hydrogen-bond donors (Lipinski definition) is 1. The number of guanidine groups is 1. The molecule has 4 heterocycles. The van der Waals surface area contributed by atoms with E-state index in [1.165, 1.54) is 16.2 Å². The molecular formula is C18H26N4O2S. The Morgan fingerprint density at radius 1 is 1.40 bits per heavy atom. The predicted octanol–water partition coefficient (Wildman–Crippen LogP) is 1.98. The summed E-state index contributed by atoms with van der Waals surface area (Å²) in [5.41, 5.74) is -0.547. The summed E-state index contributed by atoms with van der Waals surface area (Å²) in [6.07, 6.45) is 4.21. The monoisotopic (exact) mass is 362 g/mol. The van der Waals surface area contributed by atoms with Crippen molar-refractivity contribution >= 4 is 23.2 Å². The SMILES string of the molecule is CN(C)C1=NC2(CCN(Cc3ccc([C@H]4CCCO4)s3)CC2)C(=O)N1. The van der Waals surface area contributed by atoms with Crippen molar-refractivity contribution in [3.63, 3.8) is 0 Å². The van der Waals surface area contributed by atoms with Crippen LogP contribution in [0.1, 0.15) is 41.5 Å². The second-order valence-electron chi connectivity index (χ2n) is 7.40. The number of hydrogen-bond acceptors (Lipinski definition) is 6. The topological polar surface area (TPSA) is 57.2 Å². The Kier molecular flexibility index (Phi) is 4.56. The first-order chi connectivity index (χ1) is 12.1. The molecule has 6 nitrogen and oxygen atoms in total. The van der Waals surface area contributed by atoms with Crippen LogP contribution in [0.2, 0.25) is 0 Å². The molecule has 3 aliphatic heterocycles. The lowest BCUT2D eigenvalue weighted by Gasteiger charge is -2.35. The van der Waals surface area contributed by atoms with Gasteiger partial charge in [-0.3, -0.25) is 15.0 Å². The molecule has 1 amide bonds. The Morgan fingerprint density at radius 3 is 2.84 bits per heavy atom. The van der Waals surface area contributed by atoms with Crippen molar-refractivity contribution in [1.29, 1.82) is 0 Å². The minimum atomic E-state index is -0.547. The maximum atomic E-state index is 12.4. The fourth-order valence-corrected chi connectivity index (χ4v) is 4.95. The Bertz CT molecular complexity index is 670. The maximum absolute atomic E-state index is 12.4. The van der Waals surface area contributed by atoms with Crippen molar-refractivity contribution in [3.05, 3.63) is 21.9 Å². The minimum absolute atomic E-state index is 0.0626. The lowest BCUT2D eigenvalue weighted by atomic mass is 9.88. The van der Waals surface area contributed by atoms with Gasteiger partial charge in [-0.1, -0.05) is 0 Å². The van der Waals surface area contributed by atoms with E-state index >= 15 is 0 Å². The summed E-state index contributed by atoms with van der Waals surface area (Å²) in [5, 5.41) is 2.92. The molecular weight excluding hydrogens is 336 g/mol. The first-order valence-corrected chi connectivity index (χ1v) is 9.89. The van der Waals surface area contributed by atoms with E-state index in [0.717, 1.165) is 45.5 Å². The predicted molar refractivity (Wildman–Crippen MR) is 98.8 cm³/mol. The second-order valence-corrected chi connectivity index (χ2v) is 8.60. The summed E-state index contributed by atoms with van der Waals surface area (Å²) in [6.45, 7) is 3.67. The minimum Gasteiger partial charge on any atom is -0.373 e. The van der Waals surface area contributed by atoms with Crippen LogP contribution in [0, 0.1) is 0 Å². The van der Waals surface area contributed by atoms with E-state index in [4.69, 9.17) is 9.73 Å². The Hall–Kier alpha value is -1.44. The molecule has 1 aromatic heterocycles. The molecule has 3 aliphatic rings. The van der Waals surface area contributed by atoms with Gasteiger partial charge in [-0.25, -0.2) is 4.99 Å². The molecule has 136 valence electrons. The zero-order chi connectivity index (χ0) is 17.4. The summed E-state index contributed by atoms with van der Waals surface area (Å²) in [7, 11) is 3.82. The number of carbonyl (C=O) groups is 1. The maximum Gasteiger partial charge on any atom is 0.254 e.